The average Bonchev–Trinajstić information content (AvgIpc) is 3.07. The number of benzene rings is 1. The van der Waals surface area contributed by atoms with Gasteiger partial charge in [-0.05, 0) is 31.4 Å². The summed E-state index contributed by atoms with van der Waals surface area (Å²) in [6.45, 7) is 1.47. The highest BCUT2D eigenvalue weighted by Crippen LogP contribution is 2.33. The maximum atomic E-state index is 13.0. The molecule has 3 heteroatoms. The van der Waals surface area contributed by atoms with Crippen LogP contribution in [0.25, 0.3) is 0 Å². The highest BCUT2D eigenvalue weighted by molar-refractivity contribution is 5.33. The van der Waals surface area contributed by atoms with E-state index in [1.54, 1.807) is 12.1 Å². The van der Waals surface area contributed by atoms with Gasteiger partial charge in [0, 0.05) is 12.1 Å². The Bertz CT molecular complexity index is 350. The maximum Gasteiger partial charge on any atom is 0.165 e. The van der Waals surface area contributed by atoms with E-state index in [9.17, 15) is 9.50 Å². The van der Waals surface area contributed by atoms with Crippen LogP contribution in [0.5, 0.6) is 5.75 Å². The summed E-state index contributed by atoms with van der Waals surface area (Å²) < 4.78 is 13.0. The molecule has 0 aromatic heterocycles. The summed E-state index contributed by atoms with van der Waals surface area (Å²) in [5.41, 5.74) is 0.631. The van der Waals surface area contributed by atoms with E-state index in [1.807, 2.05) is 0 Å². The zero-order valence-corrected chi connectivity index (χ0v) is 9.38. The lowest BCUT2D eigenvalue weighted by Gasteiger charge is -2.07. The molecule has 16 heavy (non-hydrogen) atoms. The number of phenolic OH excluding ortho intramolecular Hbond substituents is 1. The molecule has 1 saturated carbocycles. The van der Waals surface area contributed by atoms with Crippen LogP contribution in [0.3, 0.4) is 0 Å². The summed E-state index contributed by atoms with van der Waals surface area (Å²) in [5.74, 6) is 0.193. The first kappa shape index (κ1) is 11.4. The van der Waals surface area contributed by atoms with E-state index in [-0.39, 0.29) is 5.75 Å². The second-order valence-electron chi connectivity index (χ2n) is 4.51. The van der Waals surface area contributed by atoms with Crippen LogP contribution in [0.4, 0.5) is 4.39 Å². The van der Waals surface area contributed by atoms with Crippen molar-refractivity contribution in [1.29, 1.82) is 0 Å². The van der Waals surface area contributed by atoms with Gasteiger partial charge in [-0.3, -0.25) is 0 Å². The number of rotatable bonds is 6. The monoisotopic (exact) mass is 223 g/mol. The molecule has 2 N–H and O–H groups in total. The summed E-state index contributed by atoms with van der Waals surface area (Å²) in [4.78, 5) is 0. The van der Waals surface area contributed by atoms with Crippen molar-refractivity contribution in [2.45, 2.75) is 32.2 Å². The number of halogens is 1. The van der Waals surface area contributed by atoms with E-state index in [2.05, 4.69) is 5.32 Å². The minimum atomic E-state index is -0.544. The molecule has 0 bridgehead atoms. The van der Waals surface area contributed by atoms with Gasteiger partial charge in [0.25, 0.3) is 0 Å². The molecule has 0 radical (unpaired) electrons. The molecule has 1 aromatic carbocycles. The minimum Gasteiger partial charge on any atom is -0.505 e. The third-order valence-electron chi connectivity index (χ3n) is 3.05. The Morgan fingerprint density at radius 1 is 1.38 bits per heavy atom. The summed E-state index contributed by atoms with van der Waals surface area (Å²) in [6, 6.07) is 4.63. The van der Waals surface area contributed by atoms with Crippen LogP contribution < -0.4 is 5.32 Å². The van der Waals surface area contributed by atoms with Crippen molar-refractivity contribution >= 4 is 0 Å². The first-order chi connectivity index (χ1) is 7.77. The average molecular weight is 223 g/mol. The number of hydrogen-bond acceptors (Lipinski definition) is 2. The Labute approximate surface area is 95.5 Å². The molecule has 2 nitrogen and oxygen atoms in total. The van der Waals surface area contributed by atoms with Crippen molar-refractivity contribution < 1.29 is 9.50 Å². The maximum absolute atomic E-state index is 13.0. The largest absolute Gasteiger partial charge is 0.505 e. The lowest BCUT2D eigenvalue weighted by molar-refractivity contribution is 0.423. The predicted molar refractivity (Wildman–Crippen MR) is 61.7 cm³/mol. The molecule has 0 atom stereocenters. The number of aromatic hydroxyl groups is 1. The fourth-order valence-electron chi connectivity index (χ4n) is 1.85. The summed E-state index contributed by atoms with van der Waals surface area (Å²) >= 11 is 0. The van der Waals surface area contributed by atoms with Gasteiger partial charge >= 0.3 is 0 Å². The Kier molecular flexibility index (Phi) is 3.78. The van der Waals surface area contributed by atoms with Gasteiger partial charge < -0.3 is 10.4 Å². The normalized spacial score (nSPS) is 15.3. The second-order valence-corrected chi connectivity index (χ2v) is 4.51. The molecule has 88 valence electrons. The van der Waals surface area contributed by atoms with E-state index < -0.39 is 5.82 Å². The topological polar surface area (TPSA) is 32.3 Å². The zero-order valence-electron chi connectivity index (χ0n) is 9.38. The smallest absolute Gasteiger partial charge is 0.165 e. The zero-order chi connectivity index (χ0) is 11.4. The van der Waals surface area contributed by atoms with Gasteiger partial charge in [0.2, 0.25) is 0 Å². The van der Waals surface area contributed by atoms with Gasteiger partial charge in [0.05, 0.1) is 0 Å². The van der Waals surface area contributed by atoms with E-state index in [1.165, 1.54) is 31.7 Å². The van der Waals surface area contributed by atoms with Crippen LogP contribution in [0.15, 0.2) is 18.2 Å². The summed E-state index contributed by atoms with van der Waals surface area (Å²) in [6.07, 6.45) is 5.25. The van der Waals surface area contributed by atoms with Gasteiger partial charge in [-0.15, -0.1) is 0 Å². The van der Waals surface area contributed by atoms with Crippen molar-refractivity contribution in [2.24, 2.45) is 5.92 Å². The molecule has 0 spiro atoms. The van der Waals surface area contributed by atoms with E-state index in [0.717, 1.165) is 12.5 Å². The molecule has 0 saturated heterocycles. The van der Waals surface area contributed by atoms with Gasteiger partial charge in [-0.25, -0.2) is 4.39 Å². The fraction of sp³-hybridized carbons (Fsp3) is 0.538. The van der Waals surface area contributed by atoms with Crippen molar-refractivity contribution in [2.75, 3.05) is 6.54 Å². The standard InChI is InChI=1S/C13H18FNO/c14-12-5-1-4-11(13(12)16)9-15-8-2-3-10-6-7-10/h1,4-5,10,15-16H,2-3,6-9H2. The summed E-state index contributed by atoms with van der Waals surface area (Å²) in [5, 5.41) is 12.7. The highest BCUT2D eigenvalue weighted by Gasteiger charge is 2.19. The Hall–Kier alpha value is -1.09. The molecule has 1 aliphatic carbocycles. The van der Waals surface area contributed by atoms with Crippen LogP contribution in [0.1, 0.15) is 31.2 Å². The van der Waals surface area contributed by atoms with Crippen LogP contribution >= 0.6 is 0 Å². The lowest BCUT2D eigenvalue weighted by Crippen LogP contribution is -2.15. The van der Waals surface area contributed by atoms with Gasteiger partial charge in [-0.2, -0.15) is 0 Å². The number of hydrogen-bond donors (Lipinski definition) is 2. The predicted octanol–water partition coefficient (Wildman–Crippen LogP) is 2.81. The first-order valence-corrected chi connectivity index (χ1v) is 5.94. The molecule has 0 unspecified atom stereocenters. The molecule has 0 aliphatic heterocycles. The number of para-hydroxylation sites is 1. The molecule has 1 aliphatic rings. The van der Waals surface area contributed by atoms with E-state index in [0.29, 0.717) is 12.1 Å². The fourth-order valence-corrected chi connectivity index (χ4v) is 1.85. The van der Waals surface area contributed by atoms with Crippen molar-refractivity contribution in [3.05, 3.63) is 29.6 Å². The molecular weight excluding hydrogens is 205 g/mol. The second kappa shape index (κ2) is 5.30. The Morgan fingerprint density at radius 2 is 2.19 bits per heavy atom. The number of phenols is 1. The lowest BCUT2D eigenvalue weighted by atomic mass is 10.2. The third-order valence-corrected chi connectivity index (χ3v) is 3.05. The van der Waals surface area contributed by atoms with Crippen LogP contribution in [0, 0.1) is 11.7 Å². The molecule has 2 rings (SSSR count). The quantitative estimate of drug-likeness (QED) is 0.727. The molecular formula is C13H18FNO. The van der Waals surface area contributed by atoms with Crippen molar-refractivity contribution in [1.82, 2.24) is 5.32 Å². The number of nitrogens with one attached hydrogen (secondary N) is 1. The van der Waals surface area contributed by atoms with Crippen LogP contribution in [-0.4, -0.2) is 11.7 Å². The van der Waals surface area contributed by atoms with Gasteiger partial charge in [0.15, 0.2) is 11.6 Å². The minimum absolute atomic E-state index is 0.225. The SMILES string of the molecule is Oc1c(F)cccc1CNCCCC1CC1. The first-order valence-electron chi connectivity index (χ1n) is 5.94. The summed E-state index contributed by atoms with van der Waals surface area (Å²) in [7, 11) is 0. The Balaban J connectivity index is 1.69. The highest BCUT2D eigenvalue weighted by atomic mass is 19.1. The van der Waals surface area contributed by atoms with E-state index >= 15 is 0 Å². The third kappa shape index (κ3) is 3.20. The van der Waals surface area contributed by atoms with Crippen molar-refractivity contribution in [3.8, 4) is 5.75 Å². The Morgan fingerprint density at radius 3 is 2.94 bits per heavy atom. The van der Waals surface area contributed by atoms with Gasteiger partial charge in [-0.1, -0.05) is 25.0 Å². The molecule has 0 amide bonds. The van der Waals surface area contributed by atoms with Crippen LogP contribution in [-0.2, 0) is 6.54 Å². The molecule has 1 aromatic rings. The van der Waals surface area contributed by atoms with Crippen molar-refractivity contribution in [3.63, 3.8) is 0 Å². The van der Waals surface area contributed by atoms with Crippen LogP contribution in [0.2, 0.25) is 0 Å². The molecule has 1 fully saturated rings. The van der Waals surface area contributed by atoms with E-state index in [4.69, 9.17) is 0 Å². The van der Waals surface area contributed by atoms with Gasteiger partial charge in [0.1, 0.15) is 0 Å². The molecule has 0 heterocycles.